The molecule has 0 atom stereocenters. The lowest BCUT2D eigenvalue weighted by molar-refractivity contribution is -0.696. The molecule has 0 aromatic carbocycles. The molecule has 0 saturated heterocycles. The van der Waals surface area contributed by atoms with Gasteiger partial charge in [-0.25, -0.2) is 9.13 Å². The first kappa shape index (κ1) is 25.1. The molecule has 0 radical (unpaired) electrons. The molecule has 1 aromatic heterocycles. The number of rotatable bonds is 21. The molecule has 6 heteroatoms. The van der Waals surface area contributed by atoms with Gasteiger partial charge in [0.2, 0.25) is 6.33 Å². The molecular weight excluding hydrogens is 356 g/mol. The largest absolute Gasteiger partial charge is 0.394 e. The minimum absolute atomic E-state index is 0.0572. The van der Waals surface area contributed by atoms with Crippen molar-refractivity contribution < 1.29 is 23.9 Å². The van der Waals surface area contributed by atoms with Crippen LogP contribution in [0.3, 0.4) is 0 Å². The highest BCUT2D eigenvalue weighted by molar-refractivity contribution is 4.65. The van der Waals surface area contributed by atoms with Crippen LogP contribution in [0.4, 0.5) is 0 Å². The van der Waals surface area contributed by atoms with E-state index in [1.54, 1.807) is 0 Å². The Hall–Kier alpha value is -0.950. The third-order valence-corrected chi connectivity index (χ3v) is 4.74. The summed E-state index contributed by atoms with van der Waals surface area (Å²) in [6.45, 7) is 7.60. The molecule has 0 fully saturated rings. The Morgan fingerprint density at radius 2 is 1.32 bits per heavy atom. The number of aliphatic hydroxyl groups excluding tert-OH is 1. The molecule has 0 aliphatic rings. The second-order valence-electron chi connectivity index (χ2n) is 7.28. The lowest BCUT2D eigenvalue weighted by Gasteiger charge is -2.05. The quantitative estimate of drug-likeness (QED) is 0.254. The molecule has 0 aliphatic heterocycles. The summed E-state index contributed by atoms with van der Waals surface area (Å²) in [5, 5.41) is 8.58. The van der Waals surface area contributed by atoms with E-state index in [0.29, 0.717) is 39.6 Å². The Morgan fingerprint density at radius 3 is 1.96 bits per heavy atom. The molecule has 1 N–H and O–H groups in total. The molecule has 0 bridgehead atoms. The van der Waals surface area contributed by atoms with Crippen molar-refractivity contribution in [1.82, 2.24) is 4.57 Å². The lowest BCUT2D eigenvalue weighted by atomic mass is 10.1. The number of aromatic nitrogens is 2. The van der Waals surface area contributed by atoms with Crippen molar-refractivity contribution in [3.8, 4) is 0 Å². The van der Waals surface area contributed by atoms with Crippen molar-refractivity contribution in [2.45, 2.75) is 77.8 Å². The first-order chi connectivity index (χ1) is 13.9. The number of aryl methyl sites for hydroxylation is 1. The zero-order chi connectivity index (χ0) is 20.1. The van der Waals surface area contributed by atoms with Crippen molar-refractivity contribution >= 4 is 0 Å². The first-order valence-corrected chi connectivity index (χ1v) is 11.3. The fraction of sp³-hybridized carbons (Fsp3) is 0.864. The average Bonchev–Trinajstić information content (AvgIpc) is 3.16. The number of unbranched alkanes of at least 4 members (excludes halogenated alkanes) is 8. The van der Waals surface area contributed by atoms with Gasteiger partial charge in [-0.2, -0.15) is 0 Å². The van der Waals surface area contributed by atoms with Gasteiger partial charge < -0.3 is 19.3 Å². The van der Waals surface area contributed by atoms with Gasteiger partial charge in [0.25, 0.3) is 0 Å². The number of nitrogens with zero attached hydrogens (tertiary/aromatic N) is 2. The summed E-state index contributed by atoms with van der Waals surface area (Å²) >= 11 is 0. The fourth-order valence-electron chi connectivity index (χ4n) is 3.08. The summed E-state index contributed by atoms with van der Waals surface area (Å²) in [5.74, 6) is 0. The second-order valence-corrected chi connectivity index (χ2v) is 7.28. The van der Waals surface area contributed by atoms with Gasteiger partial charge in [-0.15, -0.1) is 0 Å². The molecular formula is C22H43N2O4+. The van der Waals surface area contributed by atoms with Gasteiger partial charge in [-0.1, -0.05) is 51.9 Å². The number of hydrogen-bond donors (Lipinski definition) is 1. The summed E-state index contributed by atoms with van der Waals surface area (Å²) in [5.41, 5.74) is 0. The van der Waals surface area contributed by atoms with Crippen LogP contribution in [0.15, 0.2) is 18.7 Å². The van der Waals surface area contributed by atoms with Crippen molar-refractivity contribution in [3.63, 3.8) is 0 Å². The minimum Gasteiger partial charge on any atom is -0.394 e. The molecule has 0 aliphatic carbocycles. The SMILES string of the molecule is CCCCCCCCCCC[n+]1ccn(CCOCCOCCOCCO)c1. The number of hydrogen-bond acceptors (Lipinski definition) is 4. The van der Waals surface area contributed by atoms with Crippen LogP contribution in [0.25, 0.3) is 0 Å². The van der Waals surface area contributed by atoms with E-state index in [0.717, 1.165) is 13.1 Å². The van der Waals surface area contributed by atoms with Gasteiger partial charge in [-0.3, -0.25) is 0 Å². The van der Waals surface area contributed by atoms with E-state index in [1.807, 2.05) is 0 Å². The summed E-state index contributed by atoms with van der Waals surface area (Å²) in [7, 11) is 0. The van der Waals surface area contributed by atoms with Crippen LogP contribution < -0.4 is 4.57 Å². The van der Waals surface area contributed by atoms with Gasteiger partial charge in [0.15, 0.2) is 0 Å². The molecule has 28 heavy (non-hydrogen) atoms. The van der Waals surface area contributed by atoms with Crippen LogP contribution >= 0.6 is 0 Å². The normalized spacial score (nSPS) is 11.4. The van der Waals surface area contributed by atoms with E-state index in [4.69, 9.17) is 19.3 Å². The van der Waals surface area contributed by atoms with E-state index >= 15 is 0 Å². The fourth-order valence-corrected chi connectivity index (χ4v) is 3.08. The summed E-state index contributed by atoms with van der Waals surface area (Å²) < 4.78 is 20.6. The smallest absolute Gasteiger partial charge is 0.243 e. The van der Waals surface area contributed by atoms with Crippen molar-refractivity contribution in [2.75, 3.05) is 46.2 Å². The van der Waals surface area contributed by atoms with Gasteiger partial charge >= 0.3 is 0 Å². The van der Waals surface area contributed by atoms with Crippen LogP contribution in [-0.4, -0.2) is 55.9 Å². The standard InChI is InChI=1S/C22H43N2O4/c1-2-3-4-5-6-7-8-9-10-11-23-12-13-24(22-23)14-16-26-18-20-28-21-19-27-17-15-25/h12-13,22,25H,2-11,14-21H2,1H3/q+1. The molecule has 0 spiro atoms. The van der Waals surface area contributed by atoms with Crippen molar-refractivity contribution in [1.29, 1.82) is 0 Å². The third-order valence-electron chi connectivity index (χ3n) is 4.74. The maximum Gasteiger partial charge on any atom is 0.243 e. The van der Waals surface area contributed by atoms with Crippen LogP contribution in [0.2, 0.25) is 0 Å². The molecule has 164 valence electrons. The molecule has 6 nitrogen and oxygen atoms in total. The van der Waals surface area contributed by atoms with Crippen LogP contribution in [0.1, 0.15) is 64.7 Å². The van der Waals surface area contributed by atoms with E-state index in [9.17, 15) is 0 Å². The number of imidazole rings is 1. The van der Waals surface area contributed by atoms with Gasteiger partial charge in [-0.05, 0) is 12.8 Å². The zero-order valence-corrected chi connectivity index (χ0v) is 18.0. The van der Waals surface area contributed by atoms with E-state index in [-0.39, 0.29) is 6.61 Å². The Kier molecular flexibility index (Phi) is 17.4. The molecule has 0 amide bonds. The topological polar surface area (TPSA) is 56.7 Å². The molecule has 0 saturated carbocycles. The summed E-state index contributed by atoms with van der Waals surface area (Å²) in [4.78, 5) is 0. The zero-order valence-electron chi connectivity index (χ0n) is 18.0. The van der Waals surface area contributed by atoms with Crippen molar-refractivity contribution in [2.24, 2.45) is 0 Å². The highest BCUT2D eigenvalue weighted by Crippen LogP contribution is 2.09. The van der Waals surface area contributed by atoms with Gasteiger partial charge in [0.1, 0.15) is 18.9 Å². The first-order valence-electron chi connectivity index (χ1n) is 11.3. The van der Waals surface area contributed by atoms with E-state index < -0.39 is 0 Å². The van der Waals surface area contributed by atoms with E-state index in [2.05, 4.69) is 34.8 Å². The van der Waals surface area contributed by atoms with E-state index in [1.165, 1.54) is 57.8 Å². The van der Waals surface area contributed by atoms with Crippen LogP contribution in [-0.2, 0) is 27.3 Å². The number of aliphatic hydroxyl groups is 1. The average molecular weight is 400 g/mol. The summed E-state index contributed by atoms with van der Waals surface area (Å²) in [6, 6.07) is 0. The van der Waals surface area contributed by atoms with Gasteiger partial charge in [0.05, 0.1) is 52.8 Å². The molecule has 0 unspecified atom stereocenters. The molecule has 1 aromatic rings. The Morgan fingerprint density at radius 1 is 0.750 bits per heavy atom. The third kappa shape index (κ3) is 15.0. The predicted molar refractivity (Wildman–Crippen MR) is 111 cm³/mol. The second kappa shape index (κ2) is 19.4. The Bertz CT molecular complexity index is 440. The van der Waals surface area contributed by atoms with Crippen LogP contribution in [0, 0.1) is 0 Å². The maximum absolute atomic E-state index is 8.58. The highest BCUT2D eigenvalue weighted by Gasteiger charge is 2.03. The Balaban J connectivity index is 1.89. The van der Waals surface area contributed by atoms with Crippen LogP contribution in [0.5, 0.6) is 0 Å². The monoisotopic (exact) mass is 399 g/mol. The predicted octanol–water partition coefficient (Wildman–Crippen LogP) is 3.35. The number of ether oxygens (including phenoxy) is 3. The highest BCUT2D eigenvalue weighted by atomic mass is 16.5. The summed E-state index contributed by atoms with van der Waals surface area (Å²) in [6.07, 6.45) is 18.8. The Labute approximate surface area is 171 Å². The lowest BCUT2D eigenvalue weighted by Crippen LogP contribution is -2.31. The van der Waals surface area contributed by atoms with Crippen molar-refractivity contribution in [3.05, 3.63) is 18.7 Å². The maximum atomic E-state index is 8.58. The molecule has 1 heterocycles. The minimum atomic E-state index is 0.0572. The van der Waals surface area contributed by atoms with Gasteiger partial charge in [0, 0.05) is 0 Å². The molecule has 1 rings (SSSR count).